The molecule has 1 aromatic carbocycles. The minimum absolute atomic E-state index is 0.0843. The molecular weight excluding hydrogens is 232 g/mol. The molecule has 2 N–H and O–H groups in total. The Kier molecular flexibility index (Phi) is 5.87. The quantitative estimate of drug-likeness (QED) is 0.590. The molecule has 0 unspecified atom stereocenters. The Morgan fingerprint density at radius 3 is 2.44 bits per heavy atom. The molecule has 5 nitrogen and oxygen atoms in total. The summed E-state index contributed by atoms with van der Waals surface area (Å²) in [5.74, 6) is -0.303. The lowest BCUT2D eigenvalue weighted by molar-refractivity contribution is -0.140. The Balaban J connectivity index is 2.31. The van der Waals surface area contributed by atoms with Gasteiger partial charge in [0.25, 0.3) is 0 Å². The van der Waals surface area contributed by atoms with Crippen molar-refractivity contribution in [2.45, 2.75) is 19.9 Å². The van der Waals surface area contributed by atoms with Crippen LogP contribution in [0.15, 0.2) is 24.3 Å². The highest BCUT2D eigenvalue weighted by Gasteiger charge is 1.99. The number of esters is 1. The van der Waals surface area contributed by atoms with Crippen molar-refractivity contribution in [3.8, 4) is 0 Å². The molecule has 0 radical (unpaired) electrons. The predicted molar refractivity (Wildman–Crippen MR) is 69.1 cm³/mol. The van der Waals surface area contributed by atoms with Crippen LogP contribution < -0.4 is 10.6 Å². The summed E-state index contributed by atoms with van der Waals surface area (Å²) < 4.78 is 4.54. The number of ether oxygens (including phenoxy) is 1. The first-order valence-electron chi connectivity index (χ1n) is 5.76. The van der Waals surface area contributed by atoms with Crippen molar-refractivity contribution in [3.63, 3.8) is 0 Å². The summed E-state index contributed by atoms with van der Waals surface area (Å²) in [6.07, 6.45) is 0.362. The van der Waals surface area contributed by atoms with Crippen molar-refractivity contribution >= 4 is 17.6 Å². The number of carbonyl (C=O) groups excluding carboxylic acids is 2. The maximum atomic E-state index is 10.9. The second-order valence-corrected chi connectivity index (χ2v) is 3.88. The van der Waals surface area contributed by atoms with Gasteiger partial charge in [-0.3, -0.25) is 9.59 Å². The lowest BCUT2D eigenvalue weighted by Gasteiger charge is -2.06. The maximum absolute atomic E-state index is 10.9. The van der Waals surface area contributed by atoms with E-state index in [9.17, 15) is 9.59 Å². The van der Waals surface area contributed by atoms with E-state index in [1.54, 1.807) is 0 Å². The molecule has 0 bridgehead atoms. The maximum Gasteiger partial charge on any atom is 0.306 e. The molecule has 1 rings (SSSR count). The third kappa shape index (κ3) is 5.45. The summed E-state index contributed by atoms with van der Waals surface area (Å²) in [7, 11) is 1.38. The molecule has 0 atom stereocenters. The fourth-order valence-electron chi connectivity index (χ4n) is 1.43. The SMILES string of the molecule is COC(=O)CCNCc1ccc(NC(C)=O)cc1. The molecule has 98 valence electrons. The zero-order valence-electron chi connectivity index (χ0n) is 10.7. The van der Waals surface area contributed by atoms with Crippen LogP contribution in [-0.4, -0.2) is 25.5 Å². The zero-order valence-corrected chi connectivity index (χ0v) is 10.7. The van der Waals surface area contributed by atoms with E-state index in [2.05, 4.69) is 15.4 Å². The van der Waals surface area contributed by atoms with Crippen LogP contribution in [0.1, 0.15) is 18.9 Å². The van der Waals surface area contributed by atoms with Gasteiger partial charge in [0, 0.05) is 25.7 Å². The lowest BCUT2D eigenvalue weighted by atomic mass is 10.2. The van der Waals surface area contributed by atoms with Crippen LogP contribution in [0.3, 0.4) is 0 Å². The van der Waals surface area contributed by atoms with Gasteiger partial charge in [-0.1, -0.05) is 12.1 Å². The number of nitrogens with one attached hydrogen (secondary N) is 2. The van der Waals surface area contributed by atoms with Gasteiger partial charge >= 0.3 is 5.97 Å². The number of anilines is 1. The first-order chi connectivity index (χ1) is 8.61. The molecule has 0 aromatic heterocycles. The van der Waals surface area contributed by atoms with E-state index >= 15 is 0 Å². The van der Waals surface area contributed by atoms with Gasteiger partial charge in [0.2, 0.25) is 5.91 Å². The molecular formula is C13H18N2O3. The Hall–Kier alpha value is -1.88. The molecule has 18 heavy (non-hydrogen) atoms. The van der Waals surface area contributed by atoms with Gasteiger partial charge in [-0.05, 0) is 17.7 Å². The highest BCUT2D eigenvalue weighted by atomic mass is 16.5. The normalized spacial score (nSPS) is 9.89. The first-order valence-corrected chi connectivity index (χ1v) is 5.76. The van der Waals surface area contributed by atoms with Crippen molar-refractivity contribution in [3.05, 3.63) is 29.8 Å². The molecule has 0 spiro atoms. The number of methoxy groups -OCH3 is 1. The molecule has 0 heterocycles. The van der Waals surface area contributed by atoms with E-state index in [0.717, 1.165) is 11.3 Å². The largest absolute Gasteiger partial charge is 0.469 e. The van der Waals surface area contributed by atoms with Gasteiger partial charge in [0.05, 0.1) is 13.5 Å². The molecule has 0 aliphatic heterocycles. The van der Waals surface area contributed by atoms with Crippen molar-refractivity contribution in [1.29, 1.82) is 0 Å². The summed E-state index contributed by atoms with van der Waals surface area (Å²) in [6.45, 7) is 2.74. The fraction of sp³-hybridized carbons (Fsp3) is 0.385. The second kappa shape index (κ2) is 7.45. The van der Waals surface area contributed by atoms with Crippen molar-refractivity contribution < 1.29 is 14.3 Å². The van der Waals surface area contributed by atoms with E-state index in [-0.39, 0.29) is 11.9 Å². The minimum Gasteiger partial charge on any atom is -0.469 e. The standard InChI is InChI=1S/C13H18N2O3/c1-10(16)15-12-5-3-11(4-6-12)9-14-8-7-13(17)18-2/h3-6,14H,7-9H2,1-2H3,(H,15,16). The number of rotatable bonds is 6. The highest BCUT2D eigenvalue weighted by molar-refractivity contribution is 5.88. The first kappa shape index (κ1) is 14.2. The third-order valence-electron chi connectivity index (χ3n) is 2.34. The van der Waals surface area contributed by atoms with Crippen molar-refractivity contribution in [1.82, 2.24) is 5.32 Å². The number of carbonyl (C=O) groups is 2. The molecule has 0 aliphatic carbocycles. The number of amides is 1. The Morgan fingerprint density at radius 1 is 1.22 bits per heavy atom. The van der Waals surface area contributed by atoms with Crippen LogP contribution in [0.2, 0.25) is 0 Å². The minimum atomic E-state index is -0.219. The van der Waals surface area contributed by atoms with Crippen molar-refractivity contribution in [2.24, 2.45) is 0 Å². The third-order valence-corrected chi connectivity index (χ3v) is 2.34. The van der Waals surface area contributed by atoms with E-state index in [1.165, 1.54) is 14.0 Å². The van der Waals surface area contributed by atoms with Gasteiger partial charge in [0.1, 0.15) is 0 Å². The number of hydrogen-bond donors (Lipinski definition) is 2. The summed E-state index contributed by atoms with van der Waals surface area (Å²) in [4.78, 5) is 21.7. The van der Waals surface area contributed by atoms with E-state index < -0.39 is 0 Å². The lowest BCUT2D eigenvalue weighted by Crippen LogP contribution is -2.18. The van der Waals surface area contributed by atoms with Crippen LogP contribution in [0, 0.1) is 0 Å². The predicted octanol–water partition coefficient (Wildman–Crippen LogP) is 1.30. The van der Waals surface area contributed by atoms with Crippen LogP contribution >= 0.6 is 0 Å². The van der Waals surface area contributed by atoms with Crippen LogP contribution in [0.5, 0.6) is 0 Å². The summed E-state index contributed by atoms with van der Waals surface area (Å²) in [5.41, 5.74) is 1.87. The van der Waals surface area contributed by atoms with Gasteiger partial charge < -0.3 is 15.4 Å². The summed E-state index contributed by atoms with van der Waals surface area (Å²) in [5, 5.41) is 5.84. The molecule has 0 saturated heterocycles. The second-order valence-electron chi connectivity index (χ2n) is 3.88. The van der Waals surface area contributed by atoms with Crippen molar-refractivity contribution in [2.75, 3.05) is 19.0 Å². The van der Waals surface area contributed by atoms with Crippen LogP contribution in [0.4, 0.5) is 5.69 Å². The van der Waals surface area contributed by atoms with Gasteiger partial charge in [-0.2, -0.15) is 0 Å². The molecule has 0 saturated carbocycles. The monoisotopic (exact) mass is 250 g/mol. The van der Waals surface area contributed by atoms with E-state index in [0.29, 0.717) is 19.5 Å². The average Bonchev–Trinajstić information content (AvgIpc) is 2.35. The van der Waals surface area contributed by atoms with Gasteiger partial charge in [-0.25, -0.2) is 0 Å². The van der Waals surface area contributed by atoms with Gasteiger partial charge in [-0.15, -0.1) is 0 Å². The number of benzene rings is 1. The molecule has 0 fully saturated rings. The molecule has 5 heteroatoms. The molecule has 1 aromatic rings. The molecule has 1 amide bonds. The molecule has 0 aliphatic rings. The van der Waals surface area contributed by atoms with Gasteiger partial charge in [0.15, 0.2) is 0 Å². The van der Waals surface area contributed by atoms with Crippen LogP contribution in [0.25, 0.3) is 0 Å². The Morgan fingerprint density at radius 2 is 1.89 bits per heavy atom. The zero-order chi connectivity index (χ0) is 13.4. The number of hydrogen-bond acceptors (Lipinski definition) is 4. The van der Waals surface area contributed by atoms with E-state index in [4.69, 9.17) is 0 Å². The Labute approximate surface area is 107 Å². The smallest absolute Gasteiger partial charge is 0.306 e. The van der Waals surface area contributed by atoms with Crippen LogP contribution in [-0.2, 0) is 20.9 Å². The summed E-state index contributed by atoms with van der Waals surface area (Å²) in [6, 6.07) is 7.55. The Bertz CT molecular complexity index is 401. The summed E-state index contributed by atoms with van der Waals surface area (Å²) >= 11 is 0. The topological polar surface area (TPSA) is 67.4 Å². The van der Waals surface area contributed by atoms with E-state index in [1.807, 2.05) is 24.3 Å². The highest BCUT2D eigenvalue weighted by Crippen LogP contribution is 2.09. The fourth-order valence-corrected chi connectivity index (χ4v) is 1.43. The average molecular weight is 250 g/mol.